The highest BCUT2D eigenvalue weighted by Crippen LogP contribution is 2.34. The average Bonchev–Trinajstić information content (AvgIpc) is 2.25. The summed E-state index contributed by atoms with van der Waals surface area (Å²) in [6, 6.07) is 2.09. The molecule has 0 aliphatic rings. The van der Waals surface area contributed by atoms with Gasteiger partial charge in [-0.15, -0.1) is 0 Å². The van der Waals surface area contributed by atoms with Gasteiger partial charge in [0.05, 0.1) is 25.3 Å². The van der Waals surface area contributed by atoms with Crippen molar-refractivity contribution in [2.24, 2.45) is 5.73 Å². The van der Waals surface area contributed by atoms with Crippen LogP contribution >= 0.6 is 0 Å². The number of hydrogen-bond donors (Lipinski definition) is 2. The first-order chi connectivity index (χ1) is 7.40. The van der Waals surface area contributed by atoms with Crippen LogP contribution in [0, 0.1) is 0 Å². The molecule has 1 aromatic carbocycles. The van der Waals surface area contributed by atoms with Gasteiger partial charge in [0.25, 0.3) is 0 Å². The van der Waals surface area contributed by atoms with Crippen molar-refractivity contribution in [1.82, 2.24) is 0 Å². The number of nitrogens with two attached hydrogens (primary N) is 1. The summed E-state index contributed by atoms with van der Waals surface area (Å²) in [5.41, 5.74) is 4.81. The summed E-state index contributed by atoms with van der Waals surface area (Å²) < 4.78 is 42.2. The second kappa shape index (κ2) is 4.71. The SMILES string of the molecule is COc1ccc(C(F)(F)F)cc1C(N)CO. The molecule has 1 atom stereocenters. The second-order valence-corrected chi connectivity index (χ2v) is 3.24. The monoisotopic (exact) mass is 235 g/mol. The molecule has 16 heavy (non-hydrogen) atoms. The maximum Gasteiger partial charge on any atom is 0.416 e. The van der Waals surface area contributed by atoms with Gasteiger partial charge in [-0.25, -0.2) is 0 Å². The van der Waals surface area contributed by atoms with Crippen LogP contribution < -0.4 is 10.5 Å². The fraction of sp³-hybridized carbons (Fsp3) is 0.400. The van der Waals surface area contributed by atoms with E-state index in [1.165, 1.54) is 13.2 Å². The second-order valence-electron chi connectivity index (χ2n) is 3.24. The van der Waals surface area contributed by atoms with Gasteiger partial charge in [0.2, 0.25) is 0 Å². The minimum atomic E-state index is -4.43. The van der Waals surface area contributed by atoms with Crippen molar-refractivity contribution in [2.45, 2.75) is 12.2 Å². The van der Waals surface area contributed by atoms with Crippen molar-refractivity contribution in [3.8, 4) is 5.75 Å². The van der Waals surface area contributed by atoms with E-state index in [0.717, 1.165) is 12.1 Å². The summed E-state index contributed by atoms with van der Waals surface area (Å²) in [6.45, 7) is -0.447. The Labute approximate surface area is 90.6 Å². The molecule has 0 fully saturated rings. The molecule has 0 amide bonds. The largest absolute Gasteiger partial charge is 0.496 e. The molecule has 1 unspecified atom stereocenters. The Balaban J connectivity index is 3.21. The number of ether oxygens (including phenoxy) is 1. The highest BCUT2D eigenvalue weighted by atomic mass is 19.4. The lowest BCUT2D eigenvalue weighted by Gasteiger charge is -2.16. The summed E-state index contributed by atoms with van der Waals surface area (Å²) in [7, 11) is 1.33. The number of aliphatic hydroxyl groups excluding tert-OH is 1. The van der Waals surface area contributed by atoms with Crippen LogP contribution in [0.15, 0.2) is 18.2 Å². The molecule has 0 bridgehead atoms. The lowest BCUT2D eigenvalue weighted by Crippen LogP contribution is -2.17. The van der Waals surface area contributed by atoms with Crippen LogP contribution in [0.3, 0.4) is 0 Å². The molecule has 0 saturated carbocycles. The third-order valence-electron chi connectivity index (χ3n) is 2.15. The molecule has 0 spiro atoms. The predicted molar refractivity (Wildman–Crippen MR) is 52.0 cm³/mol. The van der Waals surface area contributed by atoms with Crippen LogP contribution in [-0.2, 0) is 6.18 Å². The van der Waals surface area contributed by atoms with E-state index in [1.54, 1.807) is 0 Å². The van der Waals surface area contributed by atoms with Crippen LogP contribution in [0.2, 0.25) is 0 Å². The van der Waals surface area contributed by atoms with Gasteiger partial charge < -0.3 is 15.6 Å². The van der Waals surface area contributed by atoms with Crippen molar-refractivity contribution in [3.63, 3.8) is 0 Å². The van der Waals surface area contributed by atoms with E-state index < -0.39 is 24.4 Å². The normalized spacial score (nSPS) is 13.6. The number of methoxy groups -OCH3 is 1. The molecule has 0 saturated heterocycles. The summed E-state index contributed by atoms with van der Waals surface area (Å²) in [5.74, 6) is 0.231. The molecule has 0 heterocycles. The quantitative estimate of drug-likeness (QED) is 0.838. The average molecular weight is 235 g/mol. The van der Waals surface area contributed by atoms with Crippen molar-refractivity contribution < 1.29 is 23.0 Å². The Kier molecular flexibility index (Phi) is 3.77. The minimum Gasteiger partial charge on any atom is -0.496 e. The molecule has 1 rings (SSSR count). The van der Waals surface area contributed by atoms with Gasteiger partial charge in [0, 0.05) is 5.56 Å². The molecule has 90 valence electrons. The summed E-state index contributed by atoms with van der Waals surface area (Å²) in [4.78, 5) is 0. The Morgan fingerprint density at radius 1 is 1.44 bits per heavy atom. The Hall–Kier alpha value is -1.27. The zero-order valence-corrected chi connectivity index (χ0v) is 8.58. The van der Waals surface area contributed by atoms with Crippen LogP contribution in [0.4, 0.5) is 13.2 Å². The Morgan fingerprint density at radius 2 is 2.06 bits per heavy atom. The van der Waals surface area contributed by atoms with Gasteiger partial charge in [0.1, 0.15) is 5.75 Å². The summed E-state index contributed by atoms with van der Waals surface area (Å²) in [5, 5.41) is 8.84. The van der Waals surface area contributed by atoms with E-state index >= 15 is 0 Å². The number of rotatable bonds is 3. The first kappa shape index (κ1) is 12.8. The zero-order valence-electron chi connectivity index (χ0n) is 8.58. The zero-order chi connectivity index (χ0) is 12.3. The third kappa shape index (κ3) is 2.65. The lowest BCUT2D eigenvalue weighted by atomic mass is 10.0. The predicted octanol–water partition coefficient (Wildman–Crippen LogP) is 1.71. The van der Waals surface area contributed by atoms with Crippen molar-refractivity contribution in [2.75, 3.05) is 13.7 Å². The molecule has 0 radical (unpaired) electrons. The van der Waals surface area contributed by atoms with Crippen LogP contribution in [0.1, 0.15) is 17.2 Å². The Bertz CT molecular complexity index is 366. The summed E-state index contributed by atoms with van der Waals surface area (Å²) >= 11 is 0. The fourth-order valence-corrected chi connectivity index (χ4v) is 1.30. The van der Waals surface area contributed by atoms with Crippen LogP contribution in [-0.4, -0.2) is 18.8 Å². The topological polar surface area (TPSA) is 55.5 Å². The van der Waals surface area contributed by atoms with E-state index in [-0.39, 0.29) is 11.3 Å². The van der Waals surface area contributed by atoms with E-state index in [0.29, 0.717) is 0 Å². The molecule has 0 aliphatic carbocycles. The van der Waals surface area contributed by atoms with Crippen LogP contribution in [0.5, 0.6) is 5.75 Å². The smallest absolute Gasteiger partial charge is 0.416 e. The number of halogens is 3. The highest BCUT2D eigenvalue weighted by molar-refractivity contribution is 5.40. The van der Waals surface area contributed by atoms with Gasteiger partial charge in [-0.3, -0.25) is 0 Å². The first-order valence-electron chi connectivity index (χ1n) is 4.51. The van der Waals surface area contributed by atoms with E-state index in [1.807, 2.05) is 0 Å². The number of benzene rings is 1. The van der Waals surface area contributed by atoms with Crippen molar-refractivity contribution >= 4 is 0 Å². The molecule has 0 aliphatic heterocycles. The Morgan fingerprint density at radius 3 is 2.50 bits per heavy atom. The third-order valence-corrected chi connectivity index (χ3v) is 2.15. The van der Waals surface area contributed by atoms with Gasteiger partial charge in [0.15, 0.2) is 0 Å². The minimum absolute atomic E-state index is 0.139. The molecule has 1 aromatic rings. The lowest BCUT2D eigenvalue weighted by molar-refractivity contribution is -0.137. The first-order valence-corrected chi connectivity index (χ1v) is 4.51. The molecule has 3 nitrogen and oxygen atoms in total. The van der Waals surface area contributed by atoms with Gasteiger partial charge >= 0.3 is 6.18 Å². The van der Waals surface area contributed by atoms with E-state index in [9.17, 15) is 13.2 Å². The maximum absolute atomic E-state index is 12.4. The van der Waals surface area contributed by atoms with Gasteiger partial charge in [-0.2, -0.15) is 13.2 Å². The summed E-state index contributed by atoms with van der Waals surface area (Å²) in [6.07, 6.45) is -4.43. The maximum atomic E-state index is 12.4. The van der Waals surface area contributed by atoms with Gasteiger partial charge in [-0.1, -0.05) is 0 Å². The molecular weight excluding hydrogens is 223 g/mol. The molecule has 0 aromatic heterocycles. The van der Waals surface area contributed by atoms with E-state index in [4.69, 9.17) is 15.6 Å². The van der Waals surface area contributed by atoms with Crippen molar-refractivity contribution in [3.05, 3.63) is 29.3 Å². The number of aliphatic hydroxyl groups is 1. The molecule has 6 heteroatoms. The number of alkyl halides is 3. The fourth-order valence-electron chi connectivity index (χ4n) is 1.30. The van der Waals surface area contributed by atoms with Crippen LogP contribution in [0.25, 0.3) is 0 Å². The standard InChI is InChI=1S/C10H12F3NO2/c1-16-9-3-2-6(10(11,12)13)4-7(9)8(14)5-15/h2-4,8,15H,5,14H2,1H3. The highest BCUT2D eigenvalue weighted by Gasteiger charge is 2.31. The van der Waals surface area contributed by atoms with Crippen molar-refractivity contribution in [1.29, 1.82) is 0 Å². The molecule has 3 N–H and O–H groups in total. The molecular formula is C10H12F3NO2. The number of hydrogen-bond acceptors (Lipinski definition) is 3. The van der Waals surface area contributed by atoms with Gasteiger partial charge in [-0.05, 0) is 18.2 Å². The van der Waals surface area contributed by atoms with E-state index in [2.05, 4.69) is 0 Å².